The second-order valence-electron chi connectivity index (χ2n) is 7.98. The molecule has 0 fully saturated rings. The van der Waals surface area contributed by atoms with Crippen LogP contribution in [0.4, 0.5) is 11.4 Å². The molecule has 0 aromatic heterocycles. The Morgan fingerprint density at radius 3 is 2.42 bits per heavy atom. The van der Waals surface area contributed by atoms with Gasteiger partial charge in [0.15, 0.2) is 0 Å². The Morgan fingerprint density at radius 1 is 1.06 bits per heavy atom. The highest BCUT2D eigenvalue weighted by Crippen LogP contribution is 2.34. The zero-order valence-electron chi connectivity index (χ0n) is 18.6. The highest BCUT2D eigenvalue weighted by atomic mass is 35.5. The highest BCUT2D eigenvalue weighted by Gasteiger charge is 2.39. The first-order valence-electron chi connectivity index (χ1n) is 10.9. The number of para-hydroxylation sites is 1. The maximum absolute atomic E-state index is 13.2. The summed E-state index contributed by atoms with van der Waals surface area (Å²) in [6.45, 7) is 2.63. The van der Waals surface area contributed by atoms with E-state index in [1.165, 1.54) is 7.11 Å². The lowest BCUT2D eigenvalue weighted by molar-refractivity contribution is -0.151. The molecule has 0 radical (unpaired) electrons. The van der Waals surface area contributed by atoms with Crippen LogP contribution in [-0.2, 0) is 14.4 Å². The summed E-state index contributed by atoms with van der Waals surface area (Å²) in [7, 11) is 1.40. The summed E-state index contributed by atoms with van der Waals surface area (Å²) in [6.07, 6.45) is 3.41. The molecule has 6 heteroatoms. The van der Waals surface area contributed by atoms with Crippen LogP contribution in [0.2, 0.25) is 5.02 Å². The van der Waals surface area contributed by atoms with Crippen LogP contribution in [0.25, 0.3) is 0 Å². The van der Waals surface area contributed by atoms with E-state index in [4.69, 9.17) is 21.2 Å². The second kappa shape index (κ2) is 10.6. The van der Waals surface area contributed by atoms with Gasteiger partial charge in [-0.3, -0.25) is 9.63 Å². The fourth-order valence-corrected chi connectivity index (χ4v) is 4.06. The molecule has 3 aromatic rings. The van der Waals surface area contributed by atoms with Crippen molar-refractivity contribution >= 4 is 28.9 Å². The van der Waals surface area contributed by atoms with E-state index in [0.29, 0.717) is 11.6 Å². The summed E-state index contributed by atoms with van der Waals surface area (Å²) >= 11 is 6.14. The van der Waals surface area contributed by atoms with Gasteiger partial charge < -0.3 is 10.1 Å². The zero-order valence-corrected chi connectivity index (χ0v) is 19.4. The zero-order chi connectivity index (χ0) is 23.2. The first kappa shape index (κ1) is 22.9. The third-order valence-corrected chi connectivity index (χ3v) is 5.93. The Hall–Kier alpha value is -3.28. The largest absolute Gasteiger partial charge is 0.469 e. The van der Waals surface area contributed by atoms with Gasteiger partial charge in [-0.2, -0.15) is 0 Å². The molecule has 1 aliphatic heterocycles. The van der Waals surface area contributed by atoms with Gasteiger partial charge in [0, 0.05) is 10.7 Å². The minimum atomic E-state index is -0.653. The van der Waals surface area contributed by atoms with Gasteiger partial charge in [-0.1, -0.05) is 71.8 Å². The van der Waals surface area contributed by atoms with Gasteiger partial charge in [-0.05, 0) is 48.9 Å². The Morgan fingerprint density at radius 2 is 1.76 bits per heavy atom. The van der Waals surface area contributed by atoms with Gasteiger partial charge in [0.05, 0.1) is 25.4 Å². The molecule has 0 bridgehead atoms. The topological polar surface area (TPSA) is 50.8 Å². The Bertz CT molecular complexity index is 1080. The molecule has 33 heavy (non-hydrogen) atoms. The smallest absolute Gasteiger partial charge is 0.314 e. The maximum atomic E-state index is 13.2. The molecule has 3 aromatic carbocycles. The Labute approximate surface area is 199 Å². The lowest BCUT2D eigenvalue weighted by Crippen LogP contribution is -2.44. The van der Waals surface area contributed by atoms with Crippen molar-refractivity contribution in [2.45, 2.75) is 19.1 Å². The molecule has 0 aliphatic carbocycles. The fraction of sp³-hybridized carbons (Fsp3) is 0.222. The van der Waals surface area contributed by atoms with E-state index >= 15 is 0 Å². The van der Waals surface area contributed by atoms with Crippen molar-refractivity contribution in [3.63, 3.8) is 0 Å². The summed E-state index contributed by atoms with van der Waals surface area (Å²) in [4.78, 5) is 19.5. The molecule has 0 amide bonds. The summed E-state index contributed by atoms with van der Waals surface area (Å²) in [5.74, 6) is -1.01. The Balaban J connectivity index is 1.70. The molecule has 1 heterocycles. The van der Waals surface area contributed by atoms with Crippen molar-refractivity contribution in [1.82, 2.24) is 0 Å². The normalized spacial score (nSPS) is 17.3. The van der Waals surface area contributed by atoms with Crippen molar-refractivity contribution in [2.75, 3.05) is 24.0 Å². The summed E-state index contributed by atoms with van der Waals surface area (Å²) in [6, 6.07) is 25.0. The van der Waals surface area contributed by atoms with E-state index in [9.17, 15) is 4.79 Å². The number of hydrogen-bond donors (Lipinski definition) is 1. The minimum absolute atomic E-state index is 0.362. The van der Waals surface area contributed by atoms with Crippen molar-refractivity contribution < 1.29 is 14.4 Å². The van der Waals surface area contributed by atoms with Crippen LogP contribution in [0.3, 0.4) is 0 Å². The second-order valence-corrected chi connectivity index (χ2v) is 8.42. The van der Waals surface area contributed by atoms with E-state index in [1.807, 2.05) is 97.9 Å². The number of nitrogens with zero attached hydrogens (tertiary/aromatic N) is 1. The number of esters is 1. The third kappa shape index (κ3) is 5.56. The van der Waals surface area contributed by atoms with Gasteiger partial charge in [0.1, 0.15) is 12.0 Å². The Kier molecular flexibility index (Phi) is 7.33. The molecule has 0 saturated heterocycles. The summed E-state index contributed by atoms with van der Waals surface area (Å²) < 4.78 is 5.25. The van der Waals surface area contributed by atoms with Crippen molar-refractivity contribution in [3.8, 4) is 0 Å². The molecule has 1 N–H and O–H groups in total. The van der Waals surface area contributed by atoms with Crippen LogP contribution >= 0.6 is 11.6 Å². The maximum Gasteiger partial charge on any atom is 0.314 e. The molecule has 3 atom stereocenters. The molecular formula is C27H27ClN2O3. The van der Waals surface area contributed by atoms with E-state index < -0.39 is 18.1 Å². The summed E-state index contributed by atoms with van der Waals surface area (Å²) in [5.41, 5.74) is 3.88. The number of rotatable bonds is 7. The predicted molar refractivity (Wildman–Crippen MR) is 132 cm³/mol. The highest BCUT2D eigenvalue weighted by molar-refractivity contribution is 6.30. The number of carbonyl (C=O) groups excluding carboxylic acids is 1. The molecule has 1 aliphatic rings. The average molecular weight is 463 g/mol. The quantitative estimate of drug-likeness (QED) is 0.346. The number of nitrogens with one attached hydrogen (secondary N) is 1. The van der Waals surface area contributed by atoms with E-state index in [1.54, 1.807) is 5.06 Å². The first-order chi connectivity index (χ1) is 16.0. The number of ether oxygens (including phenoxy) is 1. The number of carbonyl (C=O) groups is 1. The molecular weight excluding hydrogens is 436 g/mol. The molecule has 0 saturated carbocycles. The van der Waals surface area contributed by atoms with Crippen LogP contribution < -0.4 is 10.4 Å². The summed E-state index contributed by atoms with van der Waals surface area (Å²) in [5, 5.41) is 5.96. The molecule has 5 nitrogen and oxygen atoms in total. The number of halogens is 1. The molecule has 4 rings (SSSR count). The molecule has 0 spiro atoms. The number of hydroxylamine groups is 1. The molecule has 170 valence electrons. The number of anilines is 2. The number of hydrogen-bond acceptors (Lipinski definition) is 5. The van der Waals surface area contributed by atoms with E-state index in [-0.39, 0.29) is 5.97 Å². The SMILES string of the molecule is COC(=O)[C@@H]([C@H]1C=CCN(c2ccccc2)O1)[C@@H](Nc1ccc(C)cc1)c1ccc(Cl)cc1. The number of aryl methyl sites for hydroxylation is 1. The third-order valence-electron chi connectivity index (χ3n) is 5.68. The predicted octanol–water partition coefficient (Wildman–Crippen LogP) is 5.97. The van der Waals surface area contributed by atoms with Crippen molar-refractivity contribution in [2.24, 2.45) is 5.92 Å². The van der Waals surface area contributed by atoms with Crippen LogP contribution in [0, 0.1) is 12.8 Å². The minimum Gasteiger partial charge on any atom is -0.469 e. The number of benzene rings is 3. The lowest BCUT2D eigenvalue weighted by Gasteiger charge is -2.37. The lowest BCUT2D eigenvalue weighted by atomic mass is 9.87. The van der Waals surface area contributed by atoms with E-state index in [2.05, 4.69) is 5.32 Å². The van der Waals surface area contributed by atoms with Crippen LogP contribution in [-0.4, -0.2) is 25.7 Å². The molecule has 0 unspecified atom stereocenters. The van der Waals surface area contributed by atoms with Crippen LogP contribution in [0.1, 0.15) is 17.2 Å². The fourth-order valence-electron chi connectivity index (χ4n) is 3.94. The number of methoxy groups -OCH3 is 1. The van der Waals surface area contributed by atoms with Crippen molar-refractivity contribution in [1.29, 1.82) is 0 Å². The van der Waals surface area contributed by atoms with Gasteiger partial charge >= 0.3 is 5.97 Å². The van der Waals surface area contributed by atoms with Gasteiger partial charge in [-0.25, -0.2) is 5.06 Å². The average Bonchev–Trinajstić information content (AvgIpc) is 2.86. The van der Waals surface area contributed by atoms with Crippen molar-refractivity contribution in [3.05, 3.63) is 107 Å². The van der Waals surface area contributed by atoms with Crippen LogP contribution in [0.5, 0.6) is 0 Å². The first-order valence-corrected chi connectivity index (χ1v) is 11.3. The van der Waals surface area contributed by atoms with Gasteiger partial charge in [0.25, 0.3) is 0 Å². The van der Waals surface area contributed by atoms with Gasteiger partial charge in [-0.15, -0.1) is 0 Å². The monoisotopic (exact) mass is 462 g/mol. The van der Waals surface area contributed by atoms with Gasteiger partial charge in [0.2, 0.25) is 0 Å². The van der Waals surface area contributed by atoms with Crippen LogP contribution in [0.15, 0.2) is 91.0 Å². The standard InChI is InChI=1S/C27H27ClN2O3/c1-19-10-16-22(17-11-19)29-26(20-12-14-21(28)15-13-20)25(27(31)32-2)24-9-6-18-30(33-24)23-7-4-3-5-8-23/h3-17,24-26,29H,18H2,1-2H3/t24-,25+,26+/m1/s1. The van der Waals surface area contributed by atoms with E-state index in [0.717, 1.165) is 22.5 Å².